The van der Waals surface area contributed by atoms with Crippen molar-refractivity contribution in [2.24, 2.45) is 11.7 Å². The van der Waals surface area contributed by atoms with Crippen molar-refractivity contribution in [2.75, 3.05) is 6.54 Å². The van der Waals surface area contributed by atoms with Crippen LogP contribution >= 0.6 is 12.4 Å². The number of carbonyl (C=O) groups is 1. The van der Waals surface area contributed by atoms with Crippen LogP contribution in [0.2, 0.25) is 0 Å². The Morgan fingerprint density at radius 3 is 2.71 bits per heavy atom. The number of halogens is 1. The van der Waals surface area contributed by atoms with E-state index in [2.05, 4.69) is 10.3 Å². The third-order valence-corrected chi connectivity index (χ3v) is 4.31. The predicted octanol–water partition coefficient (Wildman–Crippen LogP) is 0.599. The number of aryl methyl sites for hydroxylation is 1. The number of hydrogen-bond donors (Lipinski definition) is 3. The van der Waals surface area contributed by atoms with Crippen molar-refractivity contribution in [3.8, 4) is 0 Å². The lowest BCUT2D eigenvalue weighted by molar-refractivity contribution is 0.0933. The van der Waals surface area contributed by atoms with Gasteiger partial charge in [0.1, 0.15) is 0 Å². The number of hydrogen-bond acceptors (Lipinski definition) is 4. The Balaban J connectivity index is 0.00000208. The van der Waals surface area contributed by atoms with E-state index >= 15 is 0 Å². The smallest absolute Gasteiger partial charge is 0.316 e. The molecule has 1 aliphatic rings. The van der Waals surface area contributed by atoms with Crippen molar-refractivity contribution >= 4 is 29.3 Å². The van der Waals surface area contributed by atoms with E-state index in [1.54, 1.807) is 25.1 Å². The number of benzene rings is 1. The molecule has 0 saturated heterocycles. The summed E-state index contributed by atoms with van der Waals surface area (Å²) in [4.78, 5) is 38.4. The molecule has 130 valence electrons. The molecular weight excluding hydrogens is 332 g/mol. The molecule has 1 atom stereocenters. The molecule has 1 aliphatic carbocycles. The number of fused-ring (bicyclic) bond motifs is 1. The molecule has 1 fully saturated rings. The zero-order valence-electron chi connectivity index (χ0n) is 13.4. The molecule has 0 radical (unpaired) electrons. The van der Waals surface area contributed by atoms with Crippen LogP contribution in [0.1, 0.15) is 30.1 Å². The molecule has 3 rings (SSSR count). The van der Waals surface area contributed by atoms with E-state index < -0.39 is 11.1 Å². The van der Waals surface area contributed by atoms with Gasteiger partial charge in [0.25, 0.3) is 5.91 Å². The fraction of sp³-hybridized carbons (Fsp3) is 0.438. The van der Waals surface area contributed by atoms with Crippen LogP contribution in [0.15, 0.2) is 27.8 Å². The summed E-state index contributed by atoms with van der Waals surface area (Å²) in [6.07, 6.45) is 2.19. The topological polar surface area (TPSA) is 110 Å². The van der Waals surface area contributed by atoms with Gasteiger partial charge in [0.15, 0.2) is 0 Å². The fourth-order valence-corrected chi connectivity index (χ4v) is 2.85. The standard InChI is InChI=1S/C16H20N4O3.ClH/c1-2-20-13-6-5-10(7-11(13)18-15(22)16(20)23)14(21)19-12(8-17)9-3-4-9;/h5-7,9,12H,2-4,8,17H2,1H3,(H,18,22)(H,19,21);1H. The highest BCUT2D eigenvalue weighted by atomic mass is 35.5. The van der Waals surface area contributed by atoms with Crippen molar-refractivity contribution < 1.29 is 4.79 Å². The maximum atomic E-state index is 12.4. The van der Waals surface area contributed by atoms with Crippen LogP contribution in [0.3, 0.4) is 0 Å². The summed E-state index contributed by atoms with van der Waals surface area (Å²) in [5.74, 6) is 0.249. The third kappa shape index (κ3) is 3.37. The van der Waals surface area contributed by atoms with Gasteiger partial charge in [-0.2, -0.15) is 0 Å². The number of carbonyl (C=O) groups excluding carboxylic acids is 1. The van der Waals surface area contributed by atoms with Crippen molar-refractivity contribution in [2.45, 2.75) is 32.4 Å². The summed E-state index contributed by atoms with van der Waals surface area (Å²) in [6, 6.07) is 4.92. The van der Waals surface area contributed by atoms with Gasteiger partial charge in [-0.15, -0.1) is 12.4 Å². The highest BCUT2D eigenvalue weighted by Gasteiger charge is 2.31. The Kier molecular flexibility index (Phi) is 5.46. The van der Waals surface area contributed by atoms with E-state index in [0.29, 0.717) is 35.6 Å². The zero-order chi connectivity index (χ0) is 16.6. The highest BCUT2D eigenvalue weighted by Crippen LogP contribution is 2.32. The van der Waals surface area contributed by atoms with Crippen LogP contribution < -0.4 is 22.2 Å². The van der Waals surface area contributed by atoms with E-state index in [-0.39, 0.29) is 24.4 Å². The van der Waals surface area contributed by atoms with Gasteiger partial charge in [0, 0.05) is 24.7 Å². The highest BCUT2D eigenvalue weighted by molar-refractivity contribution is 5.97. The summed E-state index contributed by atoms with van der Waals surface area (Å²) in [5, 5.41) is 2.94. The maximum Gasteiger partial charge on any atom is 0.316 e. The number of rotatable bonds is 5. The molecule has 0 spiro atoms. The van der Waals surface area contributed by atoms with Crippen LogP contribution in [0, 0.1) is 5.92 Å². The molecule has 1 heterocycles. The Hall–Kier alpha value is -2.12. The molecule has 1 unspecified atom stereocenters. The Morgan fingerprint density at radius 1 is 1.42 bits per heavy atom. The van der Waals surface area contributed by atoms with Crippen molar-refractivity contribution in [1.29, 1.82) is 0 Å². The lowest BCUT2D eigenvalue weighted by atomic mass is 10.1. The van der Waals surface area contributed by atoms with Gasteiger partial charge in [0.05, 0.1) is 11.0 Å². The van der Waals surface area contributed by atoms with Crippen LogP contribution in [0.4, 0.5) is 0 Å². The van der Waals surface area contributed by atoms with E-state index in [1.165, 1.54) is 4.57 Å². The molecule has 1 aromatic heterocycles. The number of H-pyrrole nitrogens is 1. The van der Waals surface area contributed by atoms with Gasteiger partial charge in [0.2, 0.25) is 0 Å². The van der Waals surface area contributed by atoms with Crippen molar-refractivity contribution in [3.63, 3.8) is 0 Å². The largest absolute Gasteiger partial charge is 0.348 e. The van der Waals surface area contributed by atoms with Gasteiger partial charge in [-0.05, 0) is 43.9 Å². The number of nitrogens with zero attached hydrogens (tertiary/aromatic N) is 1. The van der Waals surface area contributed by atoms with E-state index in [0.717, 1.165) is 12.8 Å². The van der Waals surface area contributed by atoms with Gasteiger partial charge in [-0.3, -0.25) is 14.4 Å². The molecule has 7 nitrogen and oxygen atoms in total. The second-order valence-corrected chi connectivity index (χ2v) is 5.89. The molecule has 1 saturated carbocycles. The molecule has 8 heteroatoms. The molecule has 4 N–H and O–H groups in total. The quantitative estimate of drug-likeness (QED) is 0.684. The maximum absolute atomic E-state index is 12.4. The number of amides is 1. The second kappa shape index (κ2) is 7.19. The fourth-order valence-electron chi connectivity index (χ4n) is 2.85. The first-order valence-corrected chi connectivity index (χ1v) is 7.83. The average molecular weight is 353 g/mol. The monoisotopic (exact) mass is 352 g/mol. The number of nitrogens with two attached hydrogens (primary N) is 1. The van der Waals surface area contributed by atoms with Crippen LogP contribution in [-0.2, 0) is 6.54 Å². The molecular formula is C16H21ClN4O3. The van der Waals surface area contributed by atoms with Crippen LogP contribution in [0.25, 0.3) is 11.0 Å². The summed E-state index contributed by atoms with van der Waals surface area (Å²) in [5.41, 5.74) is 5.94. The predicted molar refractivity (Wildman–Crippen MR) is 94.8 cm³/mol. The minimum Gasteiger partial charge on any atom is -0.348 e. The van der Waals surface area contributed by atoms with E-state index in [9.17, 15) is 14.4 Å². The Bertz CT molecular complexity index is 870. The molecule has 0 aliphatic heterocycles. The first kappa shape index (κ1) is 18.2. The first-order chi connectivity index (χ1) is 11.0. The van der Waals surface area contributed by atoms with Gasteiger partial charge in [-0.25, -0.2) is 0 Å². The lowest BCUT2D eigenvalue weighted by Gasteiger charge is -2.16. The van der Waals surface area contributed by atoms with Gasteiger partial charge >= 0.3 is 11.1 Å². The lowest BCUT2D eigenvalue weighted by Crippen LogP contribution is -2.41. The van der Waals surface area contributed by atoms with E-state index in [4.69, 9.17) is 5.73 Å². The molecule has 2 aromatic rings. The average Bonchev–Trinajstić information content (AvgIpc) is 3.38. The van der Waals surface area contributed by atoms with Crippen LogP contribution in [-0.4, -0.2) is 28.0 Å². The minimum atomic E-state index is -0.685. The zero-order valence-corrected chi connectivity index (χ0v) is 14.2. The summed E-state index contributed by atoms with van der Waals surface area (Å²) in [7, 11) is 0. The summed E-state index contributed by atoms with van der Waals surface area (Å²) in [6.45, 7) is 2.60. The number of nitrogens with one attached hydrogen (secondary N) is 2. The first-order valence-electron chi connectivity index (χ1n) is 7.83. The van der Waals surface area contributed by atoms with Gasteiger partial charge < -0.3 is 20.6 Å². The number of aromatic nitrogens is 2. The Morgan fingerprint density at radius 2 is 2.12 bits per heavy atom. The summed E-state index contributed by atoms with van der Waals surface area (Å²) < 4.78 is 1.39. The van der Waals surface area contributed by atoms with Crippen LogP contribution in [0.5, 0.6) is 0 Å². The number of aromatic amines is 1. The molecule has 24 heavy (non-hydrogen) atoms. The second-order valence-electron chi connectivity index (χ2n) is 5.89. The summed E-state index contributed by atoms with van der Waals surface area (Å²) >= 11 is 0. The normalized spacial score (nSPS) is 14.9. The van der Waals surface area contributed by atoms with Crippen molar-refractivity contribution in [1.82, 2.24) is 14.9 Å². The minimum absolute atomic E-state index is 0. The SMILES string of the molecule is CCn1c(=O)c(=O)[nH]c2cc(C(=O)NC(CN)C3CC3)ccc21.Cl. The van der Waals surface area contributed by atoms with E-state index in [1.807, 2.05) is 0 Å². The molecule has 1 aromatic carbocycles. The Labute approximate surface area is 144 Å². The molecule has 1 amide bonds. The molecule has 0 bridgehead atoms. The van der Waals surface area contributed by atoms with Crippen molar-refractivity contribution in [3.05, 3.63) is 44.5 Å². The van der Waals surface area contributed by atoms with Gasteiger partial charge in [-0.1, -0.05) is 0 Å². The third-order valence-electron chi connectivity index (χ3n) is 4.31.